The first-order valence-corrected chi connectivity index (χ1v) is 8.36. The van der Waals surface area contributed by atoms with Crippen LogP contribution in [0.3, 0.4) is 0 Å². The summed E-state index contributed by atoms with van der Waals surface area (Å²) >= 11 is 1.28. The molecule has 3 rings (SSSR count). The number of thiazole rings is 1. The molecule has 0 aliphatic carbocycles. The number of halogens is 1. The number of fused-ring (bicyclic) bond motifs is 1. The molecule has 0 saturated carbocycles. The number of rotatable bonds is 5. The molecule has 0 spiro atoms. The second-order valence-electron chi connectivity index (χ2n) is 5.32. The summed E-state index contributed by atoms with van der Waals surface area (Å²) in [4.78, 5) is 33.9. The highest BCUT2D eigenvalue weighted by molar-refractivity contribution is 7.20. The molecule has 0 fully saturated rings. The Morgan fingerprint density at radius 3 is 2.84 bits per heavy atom. The number of likely N-dealkylation sites (N-methyl/N-ethyl adjacent to an activating group) is 1. The third-order valence-electron chi connectivity index (χ3n) is 3.57. The predicted octanol–water partition coefficient (Wildman–Crippen LogP) is 2.33. The largest absolute Gasteiger partial charge is 0.348 e. The van der Waals surface area contributed by atoms with Gasteiger partial charge in [-0.15, -0.1) is 11.3 Å². The lowest BCUT2D eigenvalue weighted by Crippen LogP contribution is -2.36. The topological polar surface area (TPSA) is 75.2 Å². The lowest BCUT2D eigenvalue weighted by molar-refractivity contribution is 0.0782. The van der Waals surface area contributed by atoms with Crippen molar-refractivity contribution in [2.45, 2.75) is 0 Å². The van der Waals surface area contributed by atoms with Gasteiger partial charge in [0.15, 0.2) is 5.01 Å². The van der Waals surface area contributed by atoms with Crippen molar-refractivity contribution in [2.24, 2.45) is 0 Å². The molecule has 0 saturated heterocycles. The van der Waals surface area contributed by atoms with Crippen molar-refractivity contribution in [3.8, 4) is 0 Å². The fourth-order valence-electron chi connectivity index (χ4n) is 2.23. The summed E-state index contributed by atoms with van der Waals surface area (Å²) in [5.41, 5.74) is 0.680. The standard InChI is InChI=1S/C17H15FN4O2S/c1-22(17(24)11-4-2-3-5-12(11)18)9-8-20-15(23)16-21-13-10-19-7-6-14(13)25-16/h2-7,10H,8-9H2,1H3,(H,20,23). The fourth-order valence-corrected chi connectivity index (χ4v) is 3.08. The van der Waals surface area contributed by atoms with Gasteiger partial charge in [-0.25, -0.2) is 9.37 Å². The fraction of sp³-hybridized carbons (Fsp3) is 0.176. The molecule has 0 unspecified atom stereocenters. The van der Waals surface area contributed by atoms with E-state index in [-0.39, 0.29) is 24.6 Å². The smallest absolute Gasteiger partial charge is 0.280 e. The van der Waals surface area contributed by atoms with Gasteiger partial charge in [0.05, 0.1) is 16.5 Å². The Labute approximate surface area is 147 Å². The van der Waals surface area contributed by atoms with Gasteiger partial charge < -0.3 is 10.2 Å². The third-order valence-corrected chi connectivity index (χ3v) is 4.60. The van der Waals surface area contributed by atoms with Crippen molar-refractivity contribution >= 4 is 33.4 Å². The van der Waals surface area contributed by atoms with E-state index in [4.69, 9.17) is 0 Å². The first-order chi connectivity index (χ1) is 12.1. The van der Waals surface area contributed by atoms with Crippen LogP contribution in [0.25, 0.3) is 10.2 Å². The zero-order chi connectivity index (χ0) is 17.8. The number of nitrogens with one attached hydrogen (secondary N) is 1. The Balaban J connectivity index is 1.56. The highest BCUT2D eigenvalue weighted by atomic mass is 32.1. The maximum absolute atomic E-state index is 13.6. The van der Waals surface area contributed by atoms with Crippen LogP contribution >= 0.6 is 11.3 Å². The zero-order valence-electron chi connectivity index (χ0n) is 13.4. The number of benzene rings is 1. The molecule has 0 radical (unpaired) electrons. The monoisotopic (exact) mass is 358 g/mol. The molecule has 3 aromatic rings. The van der Waals surface area contributed by atoms with Crippen molar-refractivity contribution in [3.63, 3.8) is 0 Å². The number of hydrogen-bond acceptors (Lipinski definition) is 5. The van der Waals surface area contributed by atoms with E-state index in [9.17, 15) is 14.0 Å². The van der Waals surface area contributed by atoms with Crippen LogP contribution in [0.4, 0.5) is 4.39 Å². The van der Waals surface area contributed by atoms with Gasteiger partial charge in [-0.3, -0.25) is 14.6 Å². The highest BCUT2D eigenvalue weighted by Crippen LogP contribution is 2.20. The lowest BCUT2D eigenvalue weighted by Gasteiger charge is -2.17. The molecule has 2 amide bonds. The van der Waals surface area contributed by atoms with Gasteiger partial charge in [0.2, 0.25) is 0 Å². The number of aromatic nitrogens is 2. The van der Waals surface area contributed by atoms with Gasteiger partial charge in [0.25, 0.3) is 11.8 Å². The van der Waals surface area contributed by atoms with Crippen molar-refractivity contribution in [3.05, 3.63) is 59.1 Å². The van der Waals surface area contributed by atoms with Crippen molar-refractivity contribution in [1.82, 2.24) is 20.2 Å². The molecule has 0 aliphatic heterocycles. The Hall–Kier alpha value is -2.87. The van der Waals surface area contributed by atoms with Crippen LogP contribution in [0.5, 0.6) is 0 Å². The number of nitrogens with zero attached hydrogens (tertiary/aromatic N) is 3. The molecule has 1 N–H and O–H groups in total. The highest BCUT2D eigenvalue weighted by Gasteiger charge is 2.16. The minimum atomic E-state index is -0.563. The summed E-state index contributed by atoms with van der Waals surface area (Å²) in [6.07, 6.45) is 3.24. The van der Waals surface area contributed by atoms with Crippen LogP contribution in [-0.4, -0.2) is 46.8 Å². The normalized spacial score (nSPS) is 10.6. The summed E-state index contributed by atoms with van der Waals surface area (Å²) in [7, 11) is 1.56. The number of carbonyl (C=O) groups excluding carboxylic acids is 2. The van der Waals surface area contributed by atoms with E-state index in [0.29, 0.717) is 10.5 Å². The van der Waals surface area contributed by atoms with Gasteiger partial charge in [0.1, 0.15) is 11.3 Å². The van der Waals surface area contributed by atoms with E-state index in [1.165, 1.54) is 34.4 Å². The molecular weight excluding hydrogens is 343 g/mol. The molecule has 8 heteroatoms. The minimum Gasteiger partial charge on any atom is -0.348 e. The maximum atomic E-state index is 13.6. The zero-order valence-corrected chi connectivity index (χ0v) is 14.2. The molecule has 0 atom stereocenters. The first-order valence-electron chi connectivity index (χ1n) is 7.55. The SMILES string of the molecule is CN(CCNC(=O)c1nc2cnccc2s1)C(=O)c1ccccc1F. The summed E-state index contributed by atoms with van der Waals surface area (Å²) in [6, 6.07) is 7.60. The van der Waals surface area contributed by atoms with E-state index in [1.807, 2.05) is 0 Å². The number of pyridine rings is 1. The Kier molecular flexibility index (Phi) is 4.99. The van der Waals surface area contributed by atoms with Crippen LogP contribution in [0, 0.1) is 5.82 Å². The van der Waals surface area contributed by atoms with Crippen molar-refractivity contribution in [1.29, 1.82) is 0 Å². The van der Waals surface area contributed by atoms with Gasteiger partial charge in [-0.1, -0.05) is 12.1 Å². The molecule has 0 bridgehead atoms. The molecule has 2 aromatic heterocycles. The van der Waals surface area contributed by atoms with Crippen LogP contribution in [0.15, 0.2) is 42.7 Å². The van der Waals surface area contributed by atoms with Crippen molar-refractivity contribution in [2.75, 3.05) is 20.1 Å². The predicted molar refractivity (Wildman–Crippen MR) is 93.1 cm³/mol. The third kappa shape index (κ3) is 3.80. The molecule has 128 valence electrons. The minimum absolute atomic E-state index is 0.00926. The van der Waals surface area contributed by atoms with Gasteiger partial charge in [-0.05, 0) is 18.2 Å². The molecule has 6 nitrogen and oxygen atoms in total. The number of hydrogen-bond donors (Lipinski definition) is 1. The molecule has 25 heavy (non-hydrogen) atoms. The number of carbonyl (C=O) groups is 2. The summed E-state index contributed by atoms with van der Waals surface area (Å²) < 4.78 is 14.5. The molecular formula is C17H15FN4O2S. The summed E-state index contributed by atoms with van der Waals surface area (Å²) in [5.74, 6) is -1.31. The number of amides is 2. The molecule has 1 aromatic carbocycles. The first kappa shape index (κ1) is 17.0. The van der Waals surface area contributed by atoms with E-state index in [2.05, 4.69) is 15.3 Å². The maximum Gasteiger partial charge on any atom is 0.280 e. The second-order valence-corrected chi connectivity index (χ2v) is 6.36. The Morgan fingerprint density at radius 2 is 2.08 bits per heavy atom. The molecule has 2 heterocycles. The lowest BCUT2D eigenvalue weighted by atomic mass is 10.2. The second kappa shape index (κ2) is 7.35. The van der Waals surface area contributed by atoms with Gasteiger partial charge in [-0.2, -0.15) is 0 Å². The van der Waals surface area contributed by atoms with Crippen LogP contribution in [0.2, 0.25) is 0 Å². The van der Waals surface area contributed by atoms with Gasteiger partial charge in [0, 0.05) is 26.3 Å². The molecule has 0 aliphatic rings. The van der Waals surface area contributed by atoms with Crippen molar-refractivity contribution < 1.29 is 14.0 Å². The van der Waals surface area contributed by atoms with E-state index in [0.717, 1.165) is 4.70 Å². The average molecular weight is 358 g/mol. The van der Waals surface area contributed by atoms with E-state index >= 15 is 0 Å². The average Bonchev–Trinajstić information content (AvgIpc) is 3.05. The quantitative estimate of drug-likeness (QED) is 0.760. The van der Waals surface area contributed by atoms with E-state index < -0.39 is 11.7 Å². The summed E-state index contributed by atoms with van der Waals surface area (Å²) in [6.45, 7) is 0.495. The van der Waals surface area contributed by atoms with E-state index in [1.54, 1.807) is 31.6 Å². The van der Waals surface area contributed by atoms with Crippen LogP contribution < -0.4 is 5.32 Å². The van der Waals surface area contributed by atoms with Gasteiger partial charge >= 0.3 is 0 Å². The summed E-state index contributed by atoms with van der Waals surface area (Å²) in [5, 5.41) is 3.05. The van der Waals surface area contributed by atoms with Crippen LogP contribution in [0.1, 0.15) is 20.2 Å². The Bertz CT molecular complexity index is 895. The Morgan fingerprint density at radius 1 is 1.28 bits per heavy atom. The van der Waals surface area contributed by atoms with Crippen LogP contribution in [-0.2, 0) is 0 Å².